The summed E-state index contributed by atoms with van der Waals surface area (Å²) in [7, 11) is 0. The van der Waals surface area contributed by atoms with Gasteiger partial charge in [0.05, 0.1) is 0 Å². The molecule has 2 N–H and O–H groups in total. The van der Waals surface area contributed by atoms with Crippen molar-refractivity contribution < 1.29 is 18.7 Å². The van der Waals surface area contributed by atoms with Gasteiger partial charge in [-0.3, -0.25) is 0 Å². The van der Waals surface area contributed by atoms with Gasteiger partial charge in [0.25, 0.3) is 0 Å². The molecule has 0 atom stereocenters. The third-order valence-electron chi connectivity index (χ3n) is 5.26. The van der Waals surface area contributed by atoms with Crippen LogP contribution in [0.3, 0.4) is 0 Å². The van der Waals surface area contributed by atoms with Gasteiger partial charge in [0.2, 0.25) is 0 Å². The van der Waals surface area contributed by atoms with Crippen molar-refractivity contribution in [3.8, 4) is 11.1 Å². The van der Waals surface area contributed by atoms with Crippen LogP contribution in [0.1, 0.15) is 55.1 Å². The van der Waals surface area contributed by atoms with Crippen molar-refractivity contribution in [2.24, 2.45) is 0 Å². The van der Waals surface area contributed by atoms with Gasteiger partial charge in [0.1, 0.15) is 17.3 Å². The molecule has 4 nitrogen and oxygen atoms in total. The van der Waals surface area contributed by atoms with Crippen LogP contribution in [0, 0.1) is 11.6 Å². The predicted octanol–water partition coefficient (Wildman–Crippen LogP) is 6.71. The molecular formula is C25H28F2N2O2. The zero-order valence-corrected chi connectivity index (χ0v) is 17.7. The van der Waals surface area contributed by atoms with Gasteiger partial charge in [-0.1, -0.05) is 44.7 Å². The van der Waals surface area contributed by atoms with Crippen molar-refractivity contribution in [2.45, 2.75) is 52.1 Å². The molecule has 31 heavy (non-hydrogen) atoms. The lowest BCUT2D eigenvalue weighted by Crippen LogP contribution is -2.07. The minimum atomic E-state index is -0.930. The van der Waals surface area contributed by atoms with E-state index < -0.39 is 17.6 Å². The molecule has 1 aromatic heterocycles. The van der Waals surface area contributed by atoms with E-state index in [4.69, 9.17) is 0 Å². The second-order valence-electron chi connectivity index (χ2n) is 7.74. The third-order valence-corrected chi connectivity index (χ3v) is 5.26. The molecule has 0 amide bonds. The van der Waals surface area contributed by atoms with Crippen LogP contribution < -0.4 is 5.32 Å². The third kappa shape index (κ3) is 6.41. The van der Waals surface area contributed by atoms with E-state index in [9.17, 15) is 18.7 Å². The Morgan fingerprint density at radius 1 is 0.935 bits per heavy atom. The minimum absolute atomic E-state index is 0.292. The normalized spacial score (nSPS) is 10.9. The van der Waals surface area contributed by atoms with E-state index in [1.54, 1.807) is 6.07 Å². The maximum Gasteiger partial charge on any atom is 0.352 e. The first-order valence-corrected chi connectivity index (χ1v) is 10.7. The van der Waals surface area contributed by atoms with E-state index in [2.05, 4.69) is 12.2 Å². The van der Waals surface area contributed by atoms with Crippen molar-refractivity contribution in [3.05, 3.63) is 77.6 Å². The number of carboxylic acid groups (broad SMARTS) is 1. The van der Waals surface area contributed by atoms with E-state index in [0.29, 0.717) is 24.3 Å². The number of unbranched alkanes of at least 4 members (excludes halogenated alkanes) is 4. The highest BCUT2D eigenvalue weighted by atomic mass is 19.1. The van der Waals surface area contributed by atoms with E-state index in [1.807, 2.05) is 35.0 Å². The fourth-order valence-corrected chi connectivity index (χ4v) is 3.62. The maximum absolute atomic E-state index is 13.3. The number of aromatic nitrogens is 1. The quantitative estimate of drug-likeness (QED) is 0.335. The van der Waals surface area contributed by atoms with Gasteiger partial charge in [-0.15, -0.1) is 0 Å². The molecule has 2 aromatic carbocycles. The van der Waals surface area contributed by atoms with Gasteiger partial charge in [-0.05, 0) is 47.9 Å². The molecule has 0 spiro atoms. The summed E-state index contributed by atoms with van der Waals surface area (Å²) in [6.45, 7) is 3.16. The van der Waals surface area contributed by atoms with Crippen LogP contribution in [0.5, 0.6) is 0 Å². The largest absolute Gasteiger partial charge is 0.477 e. The summed E-state index contributed by atoms with van der Waals surface area (Å²) >= 11 is 0. The molecular weight excluding hydrogens is 398 g/mol. The molecule has 3 aromatic rings. The first kappa shape index (κ1) is 22.5. The zero-order chi connectivity index (χ0) is 22.2. The van der Waals surface area contributed by atoms with Gasteiger partial charge < -0.3 is 15.0 Å². The number of hydrogen-bond acceptors (Lipinski definition) is 2. The van der Waals surface area contributed by atoms with Gasteiger partial charge >= 0.3 is 5.97 Å². The van der Waals surface area contributed by atoms with E-state index >= 15 is 0 Å². The number of anilines is 1. The molecule has 0 aliphatic heterocycles. The van der Waals surface area contributed by atoms with Gasteiger partial charge in [0.15, 0.2) is 0 Å². The molecule has 0 fully saturated rings. The smallest absolute Gasteiger partial charge is 0.352 e. The summed E-state index contributed by atoms with van der Waals surface area (Å²) in [5.74, 6) is -2.13. The number of benzene rings is 2. The number of nitrogens with zero attached hydrogens (tertiary/aromatic N) is 1. The Morgan fingerprint density at radius 2 is 1.61 bits per heavy atom. The monoisotopic (exact) mass is 426 g/mol. The van der Waals surface area contributed by atoms with Crippen LogP contribution in [-0.4, -0.2) is 15.6 Å². The van der Waals surface area contributed by atoms with Crippen molar-refractivity contribution in [2.75, 3.05) is 5.32 Å². The average molecular weight is 427 g/mol. The number of carboxylic acids is 1. The second-order valence-corrected chi connectivity index (χ2v) is 7.74. The first-order chi connectivity index (χ1) is 15.0. The molecule has 0 saturated heterocycles. The SMILES string of the molecule is CCCCCCCn1cc(-c2ccc(NCc3cc(F)cc(F)c3)cc2)cc1C(=O)O. The van der Waals surface area contributed by atoms with E-state index in [-0.39, 0.29) is 0 Å². The Balaban J connectivity index is 1.65. The number of rotatable bonds is 11. The molecule has 0 bridgehead atoms. The molecule has 3 rings (SSSR count). The molecule has 1 heterocycles. The van der Waals surface area contributed by atoms with Crippen molar-refractivity contribution in [3.63, 3.8) is 0 Å². The predicted molar refractivity (Wildman–Crippen MR) is 119 cm³/mol. The summed E-state index contributed by atoms with van der Waals surface area (Å²) in [6, 6.07) is 12.7. The molecule has 6 heteroatoms. The Bertz CT molecular complexity index is 993. The number of aromatic carboxylic acids is 1. The summed E-state index contributed by atoms with van der Waals surface area (Å²) in [6.07, 6.45) is 7.49. The van der Waals surface area contributed by atoms with E-state index in [1.165, 1.54) is 31.4 Å². The number of aryl methyl sites for hydroxylation is 1. The Morgan fingerprint density at radius 3 is 2.26 bits per heavy atom. The lowest BCUT2D eigenvalue weighted by molar-refractivity contribution is 0.0685. The van der Waals surface area contributed by atoms with Crippen molar-refractivity contribution in [1.82, 2.24) is 4.57 Å². The summed E-state index contributed by atoms with van der Waals surface area (Å²) in [4.78, 5) is 11.6. The van der Waals surface area contributed by atoms with Gasteiger partial charge in [-0.2, -0.15) is 0 Å². The fraction of sp³-hybridized carbons (Fsp3) is 0.320. The molecule has 0 aliphatic rings. The van der Waals surface area contributed by atoms with Crippen molar-refractivity contribution in [1.29, 1.82) is 0 Å². The lowest BCUT2D eigenvalue weighted by atomic mass is 10.1. The maximum atomic E-state index is 13.3. The second kappa shape index (κ2) is 10.8. The molecule has 0 unspecified atom stereocenters. The molecule has 0 saturated carbocycles. The average Bonchev–Trinajstić information content (AvgIpc) is 3.16. The van der Waals surface area contributed by atoms with Crippen LogP contribution in [0.2, 0.25) is 0 Å². The Labute approximate surface area is 181 Å². The molecule has 0 radical (unpaired) electrons. The highest BCUT2D eigenvalue weighted by Crippen LogP contribution is 2.25. The van der Waals surface area contributed by atoms with Crippen LogP contribution in [0.25, 0.3) is 11.1 Å². The number of halogens is 2. The summed E-state index contributed by atoms with van der Waals surface area (Å²) in [5.41, 5.74) is 3.38. The van der Waals surface area contributed by atoms with Crippen LogP contribution in [-0.2, 0) is 13.1 Å². The zero-order valence-electron chi connectivity index (χ0n) is 17.7. The lowest BCUT2D eigenvalue weighted by Gasteiger charge is -2.08. The van der Waals surface area contributed by atoms with Crippen molar-refractivity contribution >= 4 is 11.7 Å². The van der Waals surface area contributed by atoms with Crippen LogP contribution >= 0.6 is 0 Å². The highest BCUT2D eigenvalue weighted by Gasteiger charge is 2.13. The number of carbonyl (C=O) groups is 1. The standard InChI is InChI=1S/C25H28F2N2O2/c1-2-3-4-5-6-11-29-17-20(14-24(29)25(30)31)19-7-9-23(10-8-19)28-16-18-12-21(26)15-22(27)13-18/h7-10,12-15,17,28H,2-6,11,16H2,1H3,(H,30,31). The Hall–Kier alpha value is -3.15. The summed E-state index contributed by atoms with van der Waals surface area (Å²) in [5, 5.41) is 12.7. The minimum Gasteiger partial charge on any atom is -0.477 e. The highest BCUT2D eigenvalue weighted by molar-refractivity contribution is 5.88. The van der Waals surface area contributed by atoms with Gasteiger partial charge in [0, 0.05) is 36.6 Å². The molecule has 0 aliphatic carbocycles. The van der Waals surface area contributed by atoms with Gasteiger partial charge in [-0.25, -0.2) is 13.6 Å². The number of nitrogens with one attached hydrogen (secondary N) is 1. The van der Waals surface area contributed by atoms with Crippen LogP contribution in [0.15, 0.2) is 54.7 Å². The fourth-order valence-electron chi connectivity index (χ4n) is 3.62. The van der Waals surface area contributed by atoms with Crippen LogP contribution in [0.4, 0.5) is 14.5 Å². The summed E-state index contributed by atoms with van der Waals surface area (Å²) < 4.78 is 28.4. The number of hydrogen-bond donors (Lipinski definition) is 2. The van der Waals surface area contributed by atoms with E-state index in [0.717, 1.165) is 35.7 Å². The topological polar surface area (TPSA) is 54.3 Å². The Kier molecular flexibility index (Phi) is 7.82. The molecule has 164 valence electrons. The first-order valence-electron chi connectivity index (χ1n) is 10.7.